The largest absolute Gasteiger partial charge is 0.487 e. The summed E-state index contributed by atoms with van der Waals surface area (Å²) in [6, 6.07) is 14.6. The van der Waals surface area contributed by atoms with E-state index in [-0.39, 0.29) is 5.56 Å². The molecule has 0 aromatic heterocycles. The summed E-state index contributed by atoms with van der Waals surface area (Å²) in [5.41, 5.74) is 1.14. The number of para-hydroxylation sites is 1. The summed E-state index contributed by atoms with van der Waals surface area (Å²) in [4.78, 5) is 11.1. The lowest BCUT2D eigenvalue weighted by molar-refractivity contribution is 0.0691. The predicted octanol–water partition coefficient (Wildman–Crippen LogP) is 3.73. The Morgan fingerprint density at radius 2 is 1.83 bits per heavy atom. The number of aromatic carboxylic acids is 1. The van der Waals surface area contributed by atoms with Crippen molar-refractivity contribution in [2.24, 2.45) is 0 Å². The first-order valence-electron chi connectivity index (χ1n) is 5.37. The van der Waals surface area contributed by atoms with Crippen molar-refractivity contribution in [3.05, 3.63) is 64.1 Å². The van der Waals surface area contributed by atoms with Gasteiger partial charge in [0.1, 0.15) is 17.9 Å². The van der Waals surface area contributed by atoms with Crippen molar-refractivity contribution in [3.63, 3.8) is 0 Å². The van der Waals surface area contributed by atoms with Crippen molar-refractivity contribution in [2.75, 3.05) is 0 Å². The van der Waals surface area contributed by atoms with Gasteiger partial charge in [-0.15, -0.1) is 0 Å². The smallest absolute Gasteiger partial charge is 0.339 e. The SMILES string of the molecule is O=C(O)c1cccc(Br)c1OCc1ccccc1. The molecule has 3 nitrogen and oxygen atoms in total. The third-order valence-corrected chi connectivity index (χ3v) is 3.05. The highest BCUT2D eigenvalue weighted by molar-refractivity contribution is 9.10. The normalized spacial score (nSPS) is 10.1. The van der Waals surface area contributed by atoms with Crippen LogP contribution in [0.4, 0.5) is 0 Å². The van der Waals surface area contributed by atoms with Crippen LogP contribution in [0, 0.1) is 0 Å². The topological polar surface area (TPSA) is 46.5 Å². The van der Waals surface area contributed by atoms with Gasteiger partial charge in [-0.25, -0.2) is 4.79 Å². The summed E-state index contributed by atoms with van der Waals surface area (Å²) in [6.45, 7) is 0.337. The highest BCUT2D eigenvalue weighted by atomic mass is 79.9. The molecule has 92 valence electrons. The maximum Gasteiger partial charge on any atom is 0.339 e. The minimum absolute atomic E-state index is 0.153. The van der Waals surface area contributed by atoms with E-state index >= 15 is 0 Å². The van der Waals surface area contributed by atoms with E-state index < -0.39 is 5.97 Å². The Kier molecular flexibility index (Phi) is 3.99. The molecule has 0 unspecified atom stereocenters. The van der Waals surface area contributed by atoms with E-state index in [9.17, 15) is 4.79 Å². The summed E-state index contributed by atoms with van der Waals surface area (Å²) < 4.78 is 6.22. The van der Waals surface area contributed by atoms with Crippen LogP contribution >= 0.6 is 15.9 Å². The van der Waals surface area contributed by atoms with Gasteiger partial charge in [-0.1, -0.05) is 36.4 Å². The van der Waals surface area contributed by atoms with Crippen LogP contribution in [0.3, 0.4) is 0 Å². The minimum Gasteiger partial charge on any atom is -0.487 e. The molecule has 0 aliphatic carbocycles. The third-order valence-electron chi connectivity index (χ3n) is 2.42. The van der Waals surface area contributed by atoms with Gasteiger partial charge in [-0.2, -0.15) is 0 Å². The summed E-state index contributed by atoms with van der Waals surface area (Å²) in [7, 11) is 0. The summed E-state index contributed by atoms with van der Waals surface area (Å²) >= 11 is 3.30. The van der Waals surface area contributed by atoms with Crippen LogP contribution < -0.4 is 4.74 Å². The average molecular weight is 307 g/mol. The van der Waals surface area contributed by atoms with Crippen LogP contribution in [0.5, 0.6) is 5.75 Å². The fourth-order valence-electron chi connectivity index (χ4n) is 1.55. The van der Waals surface area contributed by atoms with Gasteiger partial charge in [-0.05, 0) is 33.6 Å². The predicted molar refractivity (Wildman–Crippen MR) is 71.9 cm³/mol. The molecule has 1 N–H and O–H groups in total. The van der Waals surface area contributed by atoms with E-state index in [4.69, 9.17) is 9.84 Å². The first-order valence-corrected chi connectivity index (χ1v) is 6.16. The van der Waals surface area contributed by atoms with Crippen molar-refractivity contribution in [1.82, 2.24) is 0 Å². The molecule has 2 aromatic rings. The van der Waals surface area contributed by atoms with Crippen LogP contribution in [0.25, 0.3) is 0 Å². The standard InChI is InChI=1S/C14H11BrO3/c15-12-8-4-7-11(14(16)17)13(12)18-9-10-5-2-1-3-6-10/h1-8H,9H2,(H,16,17). The molecule has 0 atom stereocenters. The zero-order valence-corrected chi connectivity index (χ0v) is 11.1. The highest BCUT2D eigenvalue weighted by Crippen LogP contribution is 2.29. The maximum absolute atomic E-state index is 11.1. The van der Waals surface area contributed by atoms with Gasteiger partial charge in [0.25, 0.3) is 0 Å². The van der Waals surface area contributed by atoms with Crippen molar-refractivity contribution in [1.29, 1.82) is 0 Å². The molecule has 0 saturated carbocycles. The molecule has 2 aromatic carbocycles. The lowest BCUT2D eigenvalue weighted by Crippen LogP contribution is -2.04. The minimum atomic E-state index is -1.00. The Bertz CT molecular complexity index is 552. The van der Waals surface area contributed by atoms with Crippen molar-refractivity contribution in [3.8, 4) is 5.75 Å². The van der Waals surface area contributed by atoms with Crippen LogP contribution in [-0.4, -0.2) is 11.1 Å². The average Bonchev–Trinajstić information content (AvgIpc) is 2.38. The molecule has 0 aliphatic rings. The Labute approximate surface area is 113 Å². The molecule has 2 rings (SSSR count). The number of carboxylic acid groups (broad SMARTS) is 1. The van der Waals surface area contributed by atoms with Crippen LogP contribution in [0.2, 0.25) is 0 Å². The second kappa shape index (κ2) is 5.69. The van der Waals surface area contributed by atoms with E-state index in [2.05, 4.69) is 15.9 Å². The molecule has 0 bridgehead atoms. The summed E-state index contributed by atoms with van der Waals surface area (Å²) in [5, 5.41) is 9.09. The van der Waals surface area contributed by atoms with Gasteiger partial charge >= 0.3 is 5.97 Å². The second-order valence-corrected chi connectivity index (χ2v) is 4.55. The number of carbonyl (C=O) groups is 1. The molecule has 0 heterocycles. The number of halogens is 1. The zero-order chi connectivity index (χ0) is 13.0. The number of carboxylic acids is 1. The van der Waals surface area contributed by atoms with Gasteiger partial charge in [0.05, 0.1) is 4.47 Å². The van der Waals surface area contributed by atoms with Crippen LogP contribution in [-0.2, 0) is 6.61 Å². The molecule has 18 heavy (non-hydrogen) atoms. The molecule has 0 fully saturated rings. The molecular weight excluding hydrogens is 296 g/mol. The fourth-order valence-corrected chi connectivity index (χ4v) is 2.03. The van der Waals surface area contributed by atoms with Gasteiger partial charge in [0.15, 0.2) is 0 Å². The quantitative estimate of drug-likeness (QED) is 0.936. The lowest BCUT2D eigenvalue weighted by atomic mass is 10.2. The summed E-state index contributed by atoms with van der Waals surface area (Å²) in [5.74, 6) is -0.645. The number of rotatable bonds is 4. The zero-order valence-electron chi connectivity index (χ0n) is 9.47. The molecule has 0 amide bonds. The van der Waals surface area contributed by atoms with Gasteiger partial charge in [-0.3, -0.25) is 0 Å². The van der Waals surface area contributed by atoms with E-state index in [0.717, 1.165) is 5.56 Å². The van der Waals surface area contributed by atoms with Gasteiger partial charge < -0.3 is 9.84 Å². The maximum atomic E-state index is 11.1. The number of benzene rings is 2. The Morgan fingerprint density at radius 1 is 1.11 bits per heavy atom. The Balaban J connectivity index is 2.21. The molecule has 0 saturated heterocycles. The van der Waals surface area contributed by atoms with E-state index in [0.29, 0.717) is 16.8 Å². The molecule has 0 aliphatic heterocycles. The van der Waals surface area contributed by atoms with Gasteiger partial charge in [0, 0.05) is 0 Å². The fraction of sp³-hybridized carbons (Fsp3) is 0.0714. The van der Waals surface area contributed by atoms with E-state index in [1.807, 2.05) is 30.3 Å². The lowest BCUT2D eigenvalue weighted by Gasteiger charge is -2.10. The Hall–Kier alpha value is -1.81. The first-order chi connectivity index (χ1) is 8.68. The van der Waals surface area contributed by atoms with E-state index in [1.54, 1.807) is 12.1 Å². The van der Waals surface area contributed by atoms with Gasteiger partial charge in [0.2, 0.25) is 0 Å². The van der Waals surface area contributed by atoms with Crippen LogP contribution in [0.15, 0.2) is 53.0 Å². The second-order valence-electron chi connectivity index (χ2n) is 3.70. The third kappa shape index (κ3) is 2.90. The molecule has 0 radical (unpaired) electrons. The molecule has 4 heteroatoms. The number of hydrogen-bond donors (Lipinski definition) is 1. The number of ether oxygens (including phenoxy) is 1. The highest BCUT2D eigenvalue weighted by Gasteiger charge is 2.14. The molecular formula is C14H11BrO3. The molecule has 0 spiro atoms. The van der Waals surface area contributed by atoms with E-state index in [1.165, 1.54) is 6.07 Å². The summed E-state index contributed by atoms with van der Waals surface area (Å²) in [6.07, 6.45) is 0. The Morgan fingerprint density at radius 3 is 2.50 bits per heavy atom. The van der Waals surface area contributed by atoms with Crippen molar-refractivity contribution in [2.45, 2.75) is 6.61 Å². The monoisotopic (exact) mass is 306 g/mol. The van der Waals surface area contributed by atoms with Crippen LogP contribution in [0.1, 0.15) is 15.9 Å². The first kappa shape index (κ1) is 12.6. The van der Waals surface area contributed by atoms with Crippen molar-refractivity contribution < 1.29 is 14.6 Å². The number of hydrogen-bond acceptors (Lipinski definition) is 2. The van der Waals surface area contributed by atoms with Crippen molar-refractivity contribution >= 4 is 21.9 Å².